The lowest BCUT2D eigenvalue weighted by molar-refractivity contribution is 0.0954. The van der Waals surface area contributed by atoms with E-state index in [-0.39, 0.29) is 18.3 Å². The summed E-state index contributed by atoms with van der Waals surface area (Å²) in [6, 6.07) is 16.3. The second-order valence-electron chi connectivity index (χ2n) is 6.80. The zero-order chi connectivity index (χ0) is 20.4. The molecule has 1 N–H and O–H groups in total. The fourth-order valence-electron chi connectivity index (χ4n) is 3.24. The molecule has 29 heavy (non-hydrogen) atoms. The van der Waals surface area contributed by atoms with Gasteiger partial charge in [0, 0.05) is 31.3 Å². The van der Waals surface area contributed by atoms with Gasteiger partial charge in [-0.2, -0.15) is 0 Å². The Kier molecular flexibility index (Phi) is 5.65. The number of rotatable bonds is 5. The molecule has 0 saturated heterocycles. The van der Waals surface area contributed by atoms with Crippen molar-refractivity contribution < 1.29 is 9.18 Å². The fourth-order valence-corrected chi connectivity index (χ4v) is 4.20. The maximum Gasteiger partial charge on any atom is 0.261 e. The molecule has 148 valence electrons. The molecule has 2 heterocycles. The van der Waals surface area contributed by atoms with Crippen molar-refractivity contribution in [2.45, 2.75) is 6.54 Å². The van der Waals surface area contributed by atoms with E-state index in [0.29, 0.717) is 14.8 Å². The highest BCUT2D eigenvalue weighted by atomic mass is 35.5. The standard InChI is InChI=1S/C22H19ClFN3OS/c1-27-11-10-25-21(27)15-4-2-14(3-5-15)16-6-7-18(24)17(12-16)13-26-22(28)19-8-9-20(23)29-19/h2-9,12H,10-11,13H2,1H3,(H,26,28). The summed E-state index contributed by atoms with van der Waals surface area (Å²) in [5.74, 6) is 0.377. The second-order valence-corrected chi connectivity index (χ2v) is 8.51. The second kappa shape index (κ2) is 8.35. The molecule has 0 bridgehead atoms. The maximum atomic E-state index is 14.3. The van der Waals surface area contributed by atoms with Crippen molar-refractivity contribution in [2.24, 2.45) is 4.99 Å². The smallest absolute Gasteiger partial charge is 0.261 e. The lowest BCUT2D eigenvalue weighted by atomic mass is 10.0. The SMILES string of the molecule is CN1CCN=C1c1ccc(-c2ccc(F)c(CNC(=O)c3ccc(Cl)s3)c2)cc1. The lowest BCUT2D eigenvalue weighted by Crippen LogP contribution is -2.23. The molecule has 1 aliphatic heterocycles. The number of amidine groups is 1. The number of nitrogens with zero attached hydrogens (tertiary/aromatic N) is 2. The first-order valence-electron chi connectivity index (χ1n) is 9.19. The Morgan fingerprint density at radius 1 is 1.14 bits per heavy atom. The molecule has 3 aromatic rings. The average molecular weight is 428 g/mol. The van der Waals surface area contributed by atoms with E-state index in [0.717, 1.165) is 35.6 Å². The largest absolute Gasteiger partial charge is 0.358 e. The predicted molar refractivity (Wildman–Crippen MR) is 116 cm³/mol. The number of hydrogen-bond donors (Lipinski definition) is 1. The molecule has 0 saturated carbocycles. The summed E-state index contributed by atoms with van der Waals surface area (Å²) in [6.07, 6.45) is 0. The molecule has 1 aliphatic rings. The molecular formula is C22H19ClFN3OS. The van der Waals surface area contributed by atoms with Gasteiger partial charge in [0.25, 0.3) is 5.91 Å². The molecule has 0 fully saturated rings. The van der Waals surface area contributed by atoms with Gasteiger partial charge in [-0.05, 0) is 35.4 Å². The molecule has 0 atom stereocenters. The number of thiophene rings is 1. The summed E-state index contributed by atoms with van der Waals surface area (Å²) in [4.78, 5) is 19.4. The minimum absolute atomic E-state index is 0.105. The lowest BCUT2D eigenvalue weighted by Gasteiger charge is -2.14. The number of nitrogens with one attached hydrogen (secondary N) is 1. The minimum Gasteiger partial charge on any atom is -0.358 e. The Hall–Kier alpha value is -2.70. The summed E-state index contributed by atoms with van der Waals surface area (Å²) in [6.45, 7) is 1.85. The molecule has 7 heteroatoms. The minimum atomic E-state index is -0.350. The zero-order valence-corrected chi connectivity index (χ0v) is 17.4. The Morgan fingerprint density at radius 2 is 1.86 bits per heavy atom. The van der Waals surface area contributed by atoms with Crippen LogP contribution in [0.15, 0.2) is 59.6 Å². The van der Waals surface area contributed by atoms with Gasteiger partial charge in [0.15, 0.2) is 0 Å². The van der Waals surface area contributed by atoms with Gasteiger partial charge in [-0.3, -0.25) is 9.79 Å². The van der Waals surface area contributed by atoms with Crippen molar-refractivity contribution in [3.8, 4) is 11.1 Å². The number of benzene rings is 2. The zero-order valence-electron chi connectivity index (χ0n) is 15.8. The van der Waals surface area contributed by atoms with Crippen LogP contribution >= 0.6 is 22.9 Å². The first-order chi connectivity index (χ1) is 14.0. The van der Waals surface area contributed by atoms with Crippen molar-refractivity contribution >= 4 is 34.7 Å². The van der Waals surface area contributed by atoms with E-state index in [4.69, 9.17) is 11.6 Å². The third kappa shape index (κ3) is 4.33. The van der Waals surface area contributed by atoms with Crippen LogP contribution in [0.25, 0.3) is 11.1 Å². The van der Waals surface area contributed by atoms with E-state index in [1.165, 1.54) is 17.4 Å². The predicted octanol–water partition coefficient (Wildman–Crippen LogP) is 4.83. The number of amides is 1. The van der Waals surface area contributed by atoms with E-state index in [1.54, 1.807) is 24.3 Å². The fraction of sp³-hybridized carbons (Fsp3) is 0.182. The van der Waals surface area contributed by atoms with Crippen molar-refractivity contribution in [3.63, 3.8) is 0 Å². The Bertz CT molecular complexity index is 1080. The first-order valence-corrected chi connectivity index (χ1v) is 10.4. The molecule has 1 aromatic heterocycles. The number of halogens is 2. The highest BCUT2D eigenvalue weighted by Gasteiger charge is 2.15. The summed E-state index contributed by atoms with van der Waals surface area (Å²) in [7, 11) is 2.03. The highest BCUT2D eigenvalue weighted by Crippen LogP contribution is 2.24. The highest BCUT2D eigenvalue weighted by molar-refractivity contribution is 7.17. The summed E-state index contributed by atoms with van der Waals surface area (Å²) in [5, 5.41) is 2.75. The molecule has 0 unspecified atom stereocenters. The van der Waals surface area contributed by atoms with E-state index < -0.39 is 0 Å². The first kappa shape index (κ1) is 19.6. The topological polar surface area (TPSA) is 44.7 Å². The molecular weight excluding hydrogens is 409 g/mol. The third-order valence-electron chi connectivity index (χ3n) is 4.82. The van der Waals surface area contributed by atoms with E-state index in [1.807, 2.05) is 31.3 Å². The van der Waals surface area contributed by atoms with Crippen molar-refractivity contribution in [2.75, 3.05) is 20.1 Å². The van der Waals surface area contributed by atoms with E-state index >= 15 is 0 Å². The van der Waals surface area contributed by atoms with Gasteiger partial charge >= 0.3 is 0 Å². The Labute approximate surface area is 177 Å². The van der Waals surface area contributed by atoms with Gasteiger partial charge < -0.3 is 10.2 Å². The van der Waals surface area contributed by atoms with Crippen molar-refractivity contribution in [1.29, 1.82) is 0 Å². The van der Waals surface area contributed by atoms with Crippen LogP contribution in [0.2, 0.25) is 4.34 Å². The van der Waals surface area contributed by atoms with Crippen LogP contribution in [-0.2, 0) is 6.54 Å². The van der Waals surface area contributed by atoms with Crippen LogP contribution in [0.1, 0.15) is 20.8 Å². The van der Waals surface area contributed by atoms with Crippen molar-refractivity contribution in [1.82, 2.24) is 10.2 Å². The van der Waals surface area contributed by atoms with Gasteiger partial charge in [-0.1, -0.05) is 41.9 Å². The summed E-state index contributed by atoms with van der Waals surface area (Å²) in [5.41, 5.74) is 3.37. The molecule has 0 spiro atoms. The van der Waals surface area contributed by atoms with Crippen LogP contribution in [0, 0.1) is 5.82 Å². The van der Waals surface area contributed by atoms with E-state index in [2.05, 4.69) is 15.2 Å². The molecule has 0 radical (unpaired) electrons. The van der Waals surface area contributed by atoms with Crippen LogP contribution in [-0.4, -0.2) is 36.8 Å². The molecule has 4 rings (SSSR count). The quantitative estimate of drug-likeness (QED) is 0.633. The Balaban J connectivity index is 1.50. The van der Waals surface area contributed by atoms with Crippen LogP contribution in [0.5, 0.6) is 0 Å². The molecule has 4 nitrogen and oxygen atoms in total. The van der Waals surface area contributed by atoms with Gasteiger partial charge in [0.05, 0.1) is 15.8 Å². The monoisotopic (exact) mass is 427 g/mol. The number of hydrogen-bond acceptors (Lipinski definition) is 4. The van der Waals surface area contributed by atoms with Gasteiger partial charge in [-0.25, -0.2) is 4.39 Å². The van der Waals surface area contributed by atoms with Gasteiger partial charge in [0.2, 0.25) is 0 Å². The summed E-state index contributed by atoms with van der Waals surface area (Å²) >= 11 is 7.06. The average Bonchev–Trinajstić information content (AvgIpc) is 3.35. The van der Waals surface area contributed by atoms with Crippen LogP contribution < -0.4 is 5.32 Å². The number of carbonyl (C=O) groups excluding carboxylic acids is 1. The molecule has 0 aliphatic carbocycles. The number of likely N-dealkylation sites (N-methyl/N-ethyl adjacent to an activating group) is 1. The number of carbonyl (C=O) groups is 1. The van der Waals surface area contributed by atoms with E-state index in [9.17, 15) is 9.18 Å². The van der Waals surface area contributed by atoms with Crippen LogP contribution in [0.4, 0.5) is 4.39 Å². The number of aliphatic imine (C=N–C) groups is 1. The maximum absolute atomic E-state index is 14.3. The van der Waals surface area contributed by atoms with Gasteiger partial charge in [0.1, 0.15) is 11.7 Å². The van der Waals surface area contributed by atoms with Crippen LogP contribution in [0.3, 0.4) is 0 Å². The van der Waals surface area contributed by atoms with Gasteiger partial charge in [-0.15, -0.1) is 11.3 Å². The Morgan fingerprint density at radius 3 is 2.52 bits per heavy atom. The third-order valence-corrected chi connectivity index (χ3v) is 6.05. The molecule has 2 aromatic carbocycles. The summed E-state index contributed by atoms with van der Waals surface area (Å²) < 4.78 is 14.8. The normalized spacial score (nSPS) is 13.5. The molecule has 1 amide bonds. The van der Waals surface area contributed by atoms with Crippen molar-refractivity contribution in [3.05, 3.63) is 80.8 Å².